The Kier molecular flexibility index (Phi) is 3.45. The summed E-state index contributed by atoms with van der Waals surface area (Å²) in [5.74, 6) is 0.809. The van der Waals surface area contributed by atoms with Crippen LogP contribution < -0.4 is 10.4 Å². The summed E-state index contributed by atoms with van der Waals surface area (Å²) in [6, 6.07) is 20.9. The molecule has 0 unspecified atom stereocenters. The van der Waals surface area contributed by atoms with Crippen molar-refractivity contribution in [1.29, 1.82) is 0 Å². The van der Waals surface area contributed by atoms with E-state index in [2.05, 4.69) is 60.7 Å². The second kappa shape index (κ2) is 5.67. The molecule has 3 aliphatic rings. The van der Waals surface area contributed by atoms with Crippen molar-refractivity contribution < 1.29 is 13.6 Å². The monoisotopic (exact) mass is 336 g/mol. The molecule has 3 heterocycles. The molecule has 2 aromatic rings. The van der Waals surface area contributed by atoms with E-state index >= 15 is 0 Å². The van der Waals surface area contributed by atoms with Gasteiger partial charge in [0.2, 0.25) is 0 Å². The number of fused-ring (bicyclic) bond motifs is 5. The standard InChI is InChI=1S/C20H20O3Si/c1-3-7-15(8-4-1)24(16-9-5-2-6-10-16)21-13-17-18(14-22-24)20-12-11-19(17)23-20/h1-12,17-20H,13-14H2/t17-,18+,19+,20-. The summed E-state index contributed by atoms with van der Waals surface area (Å²) in [6.07, 6.45) is 4.77. The van der Waals surface area contributed by atoms with Crippen LogP contribution in [0.25, 0.3) is 0 Å². The maximum atomic E-state index is 6.63. The minimum Gasteiger partial charge on any atom is -0.387 e. The topological polar surface area (TPSA) is 27.7 Å². The minimum atomic E-state index is -2.67. The van der Waals surface area contributed by atoms with E-state index in [1.807, 2.05) is 12.1 Å². The molecule has 2 saturated heterocycles. The SMILES string of the molecule is C1=C[C@H]2O[C@@H]1[C@@H]1CO[Si](c3ccccc3)(c3ccccc3)OC[C@@H]12. The van der Waals surface area contributed by atoms with Gasteiger partial charge in [-0.3, -0.25) is 0 Å². The number of benzene rings is 2. The van der Waals surface area contributed by atoms with Gasteiger partial charge < -0.3 is 13.6 Å². The van der Waals surface area contributed by atoms with Crippen molar-refractivity contribution >= 4 is 18.9 Å². The molecule has 3 nitrogen and oxygen atoms in total. The number of ether oxygens (including phenoxy) is 1. The molecule has 0 spiro atoms. The van der Waals surface area contributed by atoms with Crippen molar-refractivity contribution in [2.75, 3.05) is 13.2 Å². The molecule has 4 heteroatoms. The summed E-state index contributed by atoms with van der Waals surface area (Å²) in [5, 5.41) is 2.36. The van der Waals surface area contributed by atoms with Crippen molar-refractivity contribution in [3.8, 4) is 0 Å². The molecule has 0 N–H and O–H groups in total. The molecule has 2 bridgehead atoms. The summed E-state index contributed by atoms with van der Waals surface area (Å²) in [5.41, 5.74) is 0. The van der Waals surface area contributed by atoms with Crippen molar-refractivity contribution in [2.24, 2.45) is 11.8 Å². The molecular weight excluding hydrogens is 316 g/mol. The molecule has 0 saturated carbocycles. The van der Waals surface area contributed by atoms with E-state index in [4.69, 9.17) is 13.6 Å². The van der Waals surface area contributed by atoms with Crippen molar-refractivity contribution in [2.45, 2.75) is 12.2 Å². The molecule has 2 fully saturated rings. The van der Waals surface area contributed by atoms with Gasteiger partial charge in [-0.15, -0.1) is 0 Å². The number of hydrogen-bond donors (Lipinski definition) is 0. The molecule has 24 heavy (non-hydrogen) atoms. The molecule has 0 radical (unpaired) electrons. The summed E-state index contributed by atoms with van der Waals surface area (Å²) in [4.78, 5) is 0. The van der Waals surface area contributed by atoms with Crippen LogP contribution in [0.3, 0.4) is 0 Å². The molecule has 5 rings (SSSR count). The van der Waals surface area contributed by atoms with Crippen LogP contribution in [0.4, 0.5) is 0 Å². The summed E-state index contributed by atoms with van der Waals surface area (Å²) < 4.78 is 19.3. The minimum absolute atomic E-state index is 0.194. The van der Waals surface area contributed by atoms with Gasteiger partial charge in [-0.1, -0.05) is 72.8 Å². The fourth-order valence-corrected chi connectivity index (χ4v) is 7.39. The third kappa shape index (κ3) is 2.14. The first-order valence-electron chi connectivity index (χ1n) is 8.59. The Balaban J connectivity index is 1.56. The van der Waals surface area contributed by atoms with Crippen LogP contribution >= 0.6 is 0 Å². The van der Waals surface area contributed by atoms with Crippen LogP contribution in [-0.2, 0) is 13.6 Å². The van der Waals surface area contributed by atoms with Gasteiger partial charge in [-0.2, -0.15) is 0 Å². The highest BCUT2D eigenvalue weighted by Gasteiger charge is 2.53. The van der Waals surface area contributed by atoms with Crippen LogP contribution in [0.2, 0.25) is 0 Å². The maximum Gasteiger partial charge on any atom is 0.407 e. The largest absolute Gasteiger partial charge is 0.407 e. The molecule has 0 aromatic heterocycles. The predicted octanol–water partition coefficient (Wildman–Crippen LogP) is 1.86. The quantitative estimate of drug-likeness (QED) is 0.619. The Hall–Kier alpha value is -1.72. The summed E-state index contributed by atoms with van der Waals surface area (Å²) >= 11 is 0. The van der Waals surface area contributed by atoms with Gasteiger partial charge in [0.15, 0.2) is 0 Å². The number of hydrogen-bond acceptors (Lipinski definition) is 3. The fourth-order valence-electron chi connectivity index (χ4n) is 4.19. The first-order chi connectivity index (χ1) is 11.9. The Morgan fingerprint density at radius 3 is 1.58 bits per heavy atom. The summed E-state index contributed by atoms with van der Waals surface area (Å²) in [7, 11) is -2.67. The van der Waals surface area contributed by atoms with Gasteiger partial charge in [0, 0.05) is 25.0 Å². The second-order valence-electron chi connectivity index (χ2n) is 6.75. The first-order valence-corrected chi connectivity index (χ1v) is 10.4. The van der Waals surface area contributed by atoms with E-state index in [0.717, 1.165) is 0 Å². The summed E-state index contributed by atoms with van der Waals surface area (Å²) in [6.45, 7) is 1.40. The highest BCUT2D eigenvalue weighted by molar-refractivity contribution is 6.92. The third-order valence-electron chi connectivity index (χ3n) is 5.46. The zero-order valence-corrected chi connectivity index (χ0v) is 14.4. The van der Waals surface area contributed by atoms with Gasteiger partial charge in [-0.05, 0) is 10.4 Å². The lowest BCUT2D eigenvalue weighted by molar-refractivity contribution is 0.0814. The van der Waals surface area contributed by atoms with E-state index < -0.39 is 8.56 Å². The molecule has 3 aliphatic heterocycles. The van der Waals surface area contributed by atoms with Crippen LogP contribution in [0, 0.1) is 11.8 Å². The maximum absolute atomic E-state index is 6.63. The van der Waals surface area contributed by atoms with E-state index in [1.54, 1.807) is 0 Å². The van der Waals surface area contributed by atoms with Gasteiger partial charge in [0.1, 0.15) is 0 Å². The highest BCUT2D eigenvalue weighted by Crippen LogP contribution is 2.41. The lowest BCUT2D eigenvalue weighted by Gasteiger charge is -2.30. The van der Waals surface area contributed by atoms with E-state index in [-0.39, 0.29) is 12.2 Å². The third-order valence-corrected chi connectivity index (χ3v) is 8.80. The molecule has 0 aliphatic carbocycles. The van der Waals surface area contributed by atoms with E-state index in [9.17, 15) is 0 Å². The average Bonchev–Trinajstić information content (AvgIpc) is 3.19. The van der Waals surface area contributed by atoms with Gasteiger partial charge in [-0.25, -0.2) is 0 Å². The Morgan fingerprint density at radius 1 is 0.667 bits per heavy atom. The first kappa shape index (κ1) is 14.6. The predicted molar refractivity (Wildman–Crippen MR) is 94.6 cm³/mol. The van der Waals surface area contributed by atoms with Gasteiger partial charge in [0.05, 0.1) is 12.2 Å². The lowest BCUT2D eigenvalue weighted by atomic mass is 9.84. The Bertz CT molecular complexity index is 682. The van der Waals surface area contributed by atoms with Crippen LogP contribution in [0.15, 0.2) is 72.8 Å². The molecule has 122 valence electrons. The average molecular weight is 336 g/mol. The van der Waals surface area contributed by atoms with Crippen molar-refractivity contribution in [3.05, 3.63) is 72.8 Å². The number of rotatable bonds is 2. The lowest BCUT2D eigenvalue weighted by Crippen LogP contribution is -2.63. The van der Waals surface area contributed by atoms with Gasteiger partial charge >= 0.3 is 8.56 Å². The highest BCUT2D eigenvalue weighted by atomic mass is 28.4. The molecule has 2 aromatic carbocycles. The van der Waals surface area contributed by atoms with Gasteiger partial charge in [0.25, 0.3) is 0 Å². The Labute approximate surface area is 143 Å². The van der Waals surface area contributed by atoms with Crippen molar-refractivity contribution in [3.63, 3.8) is 0 Å². The normalized spacial score (nSPS) is 33.2. The molecule has 0 amide bonds. The molecular formula is C20H20O3Si. The zero-order chi connectivity index (χ0) is 16.0. The fraction of sp³-hybridized carbons (Fsp3) is 0.300. The smallest absolute Gasteiger partial charge is 0.387 e. The Morgan fingerprint density at radius 2 is 1.12 bits per heavy atom. The van der Waals surface area contributed by atoms with E-state index in [0.29, 0.717) is 25.0 Å². The van der Waals surface area contributed by atoms with Crippen LogP contribution in [0.5, 0.6) is 0 Å². The molecule has 4 atom stereocenters. The zero-order valence-electron chi connectivity index (χ0n) is 13.4. The van der Waals surface area contributed by atoms with E-state index in [1.165, 1.54) is 10.4 Å². The van der Waals surface area contributed by atoms with Crippen LogP contribution in [0.1, 0.15) is 0 Å². The van der Waals surface area contributed by atoms with Crippen LogP contribution in [-0.4, -0.2) is 34.0 Å². The van der Waals surface area contributed by atoms with Crippen molar-refractivity contribution in [1.82, 2.24) is 0 Å². The second-order valence-corrected chi connectivity index (χ2v) is 9.71.